The predicted molar refractivity (Wildman–Crippen MR) is 81.3 cm³/mol. The van der Waals surface area contributed by atoms with Crippen LogP contribution in [-0.4, -0.2) is 49.6 Å². The van der Waals surface area contributed by atoms with Crippen molar-refractivity contribution in [1.29, 1.82) is 0 Å². The van der Waals surface area contributed by atoms with Crippen LogP contribution in [0.5, 0.6) is 0 Å². The van der Waals surface area contributed by atoms with E-state index in [4.69, 9.17) is 9.15 Å². The Labute approximate surface area is 130 Å². The van der Waals surface area contributed by atoms with E-state index in [9.17, 15) is 9.59 Å². The van der Waals surface area contributed by atoms with Gasteiger partial charge in [-0.2, -0.15) is 0 Å². The Morgan fingerprint density at radius 3 is 2.86 bits per heavy atom. The molecule has 2 rings (SSSR count). The second-order valence-electron chi connectivity index (χ2n) is 6.01. The quantitative estimate of drug-likeness (QED) is 0.862. The van der Waals surface area contributed by atoms with Crippen LogP contribution in [0.1, 0.15) is 31.9 Å². The fraction of sp³-hybridized carbons (Fsp3) is 0.625. The van der Waals surface area contributed by atoms with Gasteiger partial charge in [0.15, 0.2) is 0 Å². The lowest BCUT2D eigenvalue weighted by molar-refractivity contribution is -0.137. The molecule has 1 saturated heterocycles. The minimum atomic E-state index is -0.516. The van der Waals surface area contributed by atoms with Crippen LogP contribution in [0.15, 0.2) is 22.8 Å². The normalized spacial score (nSPS) is 19.5. The maximum Gasteiger partial charge on any atom is 0.246 e. The van der Waals surface area contributed by atoms with Crippen molar-refractivity contribution in [3.63, 3.8) is 0 Å². The van der Waals surface area contributed by atoms with Crippen LogP contribution in [-0.2, 0) is 14.3 Å². The van der Waals surface area contributed by atoms with E-state index in [1.165, 1.54) is 7.11 Å². The summed E-state index contributed by atoms with van der Waals surface area (Å²) in [7, 11) is 1.46. The summed E-state index contributed by atoms with van der Waals surface area (Å²) in [6, 6.07) is 3.29. The number of likely N-dealkylation sites (tertiary alicyclic amines) is 1. The molecule has 0 radical (unpaired) electrons. The third-order valence-corrected chi connectivity index (χ3v) is 3.97. The van der Waals surface area contributed by atoms with Gasteiger partial charge in [-0.05, 0) is 24.5 Å². The third kappa shape index (κ3) is 3.88. The molecule has 122 valence electrons. The topological polar surface area (TPSA) is 71.8 Å². The number of carbonyl (C=O) groups is 2. The number of hydrogen-bond acceptors (Lipinski definition) is 4. The largest absolute Gasteiger partial charge is 0.469 e. The molecule has 2 atom stereocenters. The number of carbonyl (C=O) groups excluding carboxylic acids is 2. The second kappa shape index (κ2) is 7.45. The van der Waals surface area contributed by atoms with Crippen molar-refractivity contribution in [1.82, 2.24) is 10.2 Å². The first-order valence-corrected chi connectivity index (χ1v) is 7.63. The average molecular weight is 308 g/mol. The van der Waals surface area contributed by atoms with Gasteiger partial charge in [0, 0.05) is 26.1 Å². The summed E-state index contributed by atoms with van der Waals surface area (Å²) >= 11 is 0. The Bertz CT molecular complexity index is 498. The number of rotatable bonds is 6. The highest BCUT2D eigenvalue weighted by atomic mass is 16.5. The van der Waals surface area contributed by atoms with Crippen molar-refractivity contribution >= 4 is 11.8 Å². The van der Waals surface area contributed by atoms with E-state index in [2.05, 4.69) is 5.32 Å². The molecule has 0 unspecified atom stereocenters. The standard InChI is InChI=1S/C16H24N2O4/c1-11(2)15(17-14(19)10-21-3)16(20)18-7-6-12(9-18)13-5-4-8-22-13/h4-5,8,11-12,15H,6-7,9-10H2,1-3H3,(H,17,19)/t12-,15+/m1/s1. The fourth-order valence-electron chi connectivity index (χ4n) is 2.77. The summed E-state index contributed by atoms with van der Waals surface area (Å²) < 4.78 is 10.2. The summed E-state index contributed by atoms with van der Waals surface area (Å²) in [4.78, 5) is 26.2. The van der Waals surface area contributed by atoms with Crippen LogP contribution < -0.4 is 5.32 Å². The van der Waals surface area contributed by atoms with E-state index >= 15 is 0 Å². The summed E-state index contributed by atoms with van der Waals surface area (Å²) in [6.07, 6.45) is 2.54. The molecule has 0 spiro atoms. The molecule has 1 aromatic rings. The summed E-state index contributed by atoms with van der Waals surface area (Å²) in [5.41, 5.74) is 0. The van der Waals surface area contributed by atoms with Gasteiger partial charge in [-0.15, -0.1) is 0 Å². The van der Waals surface area contributed by atoms with E-state index in [0.29, 0.717) is 13.1 Å². The Kier molecular flexibility index (Phi) is 5.60. The maximum atomic E-state index is 12.7. The van der Waals surface area contributed by atoms with Crippen molar-refractivity contribution in [2.45, 2.75) is 32.2 Å². The van der Waals surface area contributed by atoms with Crippen molar-refractivity contribution in [3.05, 3.63) is 24.2 Å². The number of amides is 2. The summed E-state index contributed by atoms with van der Waals surface area (Å²) in [5, 5.41) is 2.77. The van der Waals surface area contributed by atoms with E-state index in [-0.39, 0.29) is 30.3 Å². The molecule has 1 N–H and O–H groups in total. The monoisotopic (exact) mass is 308 g/mol. The van der Waals surface area contributed by atoms with E-state index < -0.39 is 6.04 Å². The highest BCUT2D eigenvalue weighted by Crippen LogP contribution is 2.28. The molecule has 0 saturated carbocycles. The minimum Gasteiger partial charge on any atom is -0.469 e. The van der Waals surface area contributed by atoms with Crippen LogP contribution in [0.4, 0.5) is 0 Å². The summed E-state index contributed by atoms with van der Waals surface area (Å²) in [6.45, 7) is 5.14. The predicted octanol–water partition coefficient (Wildman–Crippen LogP) is 1.38. The van der Waals surface area contributed by atoms with E-state index in [1.54, 1.807) is 6.26 Å². The molecule has 1 aliphatic heterocycles. The van der Waals surface area contributed by atoms with E-state index in [1.807, 2.05) is 30.9 Å². The first-order chi connectivity index (χ1) is 10.5. The first-order valence-electron chi connectivity index (χ1n) is 7.63. The van der Waals surface area contributed by atoms with Crippen molar-refractivity contribution in [2.24, 2.45) is 5.92 Å². The molecule has 0 aliphatic carbocycles. The zero-order chi connectivity index (χ0) is 16.1. The van der Waals surface area contributed by atoms with Gasteiger partial charge in [-0.3, -0.25) is 9.59 Å². The van der Waals surface area contributed by atoms with Crippen LogP contribution in [0.3, 0.4) is 0 Å². The maximum absolute atomic E-state index is 12.7. The molecule has 0 bridgehead atoms. The molecular formula is C16H24N2O4. The minimum absolute atomic E-state index is 0.0240. The molecule has 1 aliphatic rings. The lowest BCUT2D eigenvalue weighted by Crippen LogP contribution is -2.51. The van der Waals surface area contributed by atoms with Crippen molar-refractivity contribution in [3.8, 4) is 0 Å². The lowest BCUT2D eigenvalue weighted by atomic mass is 10.0. The Morgan fingerprint density at radius 2 is 2.27 bits per heavy atom. The zero-order valence-corrected chi connectivity index (χ0v) is 13.4. The zero-order valence-electron chi connectivity index (χ0n) is 13.4. The van der Waals surface area contributed by atoms with E-state index in [0.717, 1.165) is 12.2 Å². The molecule has 2 amide bonds. The van der Waals surface area contributed by atoms with Crippen molar-refractivity contribution < 1.29 is 18.7 Å². The number of furan rings is 1. The van der Waals surface area contributed by atoms with Crippen LogP contribution in [0, 0.1) is 5.92 Å². The molecule has 1 aromatic heterocycles. The van der Waals surface area contributed by atoms with Gasteiger partial charge in [-0.1, -0.05) is 13.8 Å². The van der Waals surface area contributed by atoms with Gasteiger partial charge in [0.1, 0.15) is 18.4 Å². The number of hydrogen-bond donors (Lipinski definition) is 1. The second-order valence-corrected chi connectivity index (χ2v) is 6.01. The van der Waals surface area contributed by atoms with Gasteiger partial charge in [-0.25, -0.2) is 0 Å². The molecule has 1 fully saturated rings. The average Bonchev–Trinajstić information content (AvgIpc) is 3.14. The highest BCUT2D eigenvalue weighted by Gasteiger charge is 2.34. The SMILES string of the molecule is COCC(=O)N[C@H](C(=O)N1CC[C@@H](c2ccco2)C1)C(C)C. The highest BCUT2D eigenvalue weighted by molar-refractivity contribution is 5.88. The molecule has 6 heteroatoms. The van der Waals surface area contributed by atoms with Gasteiger partial charge in [0.05, 0.1) is 6.26 Å². The Balaban J connectivity index is 1.97. The Morgan fingerprint density at radius 1 is 1.50 bits per heavy atom. The lowest BCUT2D eigenvalue weighted by Gasteiger charge is -2.26. The van der Waals surface area contributed by atoms with Gasteiger partial charge >= 0.3 is 0 Å². The molecule has 6 nitrogen and oxygen atoms in total. The van der Waals surface area contributed by atoms with Gasteiger partial charge < -0.3 is 19.4 Å². The molecular weight excluding hydrogens is 284 g/mol. The number of nitrogens with zero attached hydrogens (tertiary/aromatic N) is 1. The smallest absolute Gasteiger partial charge is 0.246 e. The van der Waals surface area contributed by atoms with Crippen LogP contribution in [0.2, 0.25) is 0 Å². The number of nitrogens with one attached hydrogen (secondary N) is 1. The first kappa shape index (κ1) is 16.5. The molecule has 2 heterocycles. The molecule has 0 aromatic carbocycles. The fourth-order valence-corrected chi connectivity index (χ4v) is 2.77. The third-order valence-electron chi connectivity index (χ3n) is 3.97. The van der Waals surface area contributed by atoms with Crippen molar-refractivity contribution in [2.75, 3.05) is 26.8 Å². The number of methoxy groups -OCH3 is 1. The number of ether oxygens (including phenoxy) is 1. The van der Waals surface area contributed by atoms with Gasteiger partial charge in [0.25, 0.3) is 0 Å². The van der Waals surface area contributed by atoms with Crippen LogP contribution >= 0.6 is 0 Å². The molecule has 22 heavy (non-hydrogen) atoms. The van der Waals surface area contributed by atoms with Crippen LogP contribution in [0.25, 0.3) is 0 Å². The van der Waals surface area contributed by atoms with Gasteiger partial charge in [0.2, 0.25) is 11.8 Å². The Hall–Kier alpha value is -1.82. The summed E-state index contributed by atoms with van der Waals surface area (Å²) in [5.74, 6) is 0.877.